The van der Waals surface area contributed by atoms with E-state index in [0.717, 1.165) is 23.1 Å². The molecule has 4 aromatic rings. The second-order valence-electron chi connectivity index (χ2n) is 7.25. The molecule has 0 aliphatic heterocycles. The van der Waals surface area contributed by atoms with Crippen molar-refractivity contribution in [1.82, 2.24) is 14.5 Å². The second kappa shape index (κ2) is 10.2. The number of pyridine rings is 1. The topological polar surface area (TPSA) is 95.3 Å². The molecule has 1 N–H and O–H groups in total. The van der Waals surface area contributed by atoms with Gasteiger partial charge in [-0.25, -0.2) is 9.97 Å². The molecule has 0 saturated heterocycles. The summed E-state index contributed by atoms with van der Waals surface area (Å²) in [5.41, 5.74) is 1.16. The minimum Gasteiger partial charge on any atom is -0.493 e. The van der Waals surface area contributed by atoms with Crippen LogP contribution in [0.5, 0.6) is 11.5 Å². The third kappa shape index (κ3) is 4.81. The molecular formula is C23H24N4O4S2. The van der Waals surface area contributed by atoms with E-state index in [1.165, 1.54) is 23.1 Å². The first-order chi connectivity index (χ1) is 16.0. The molecule has 1 amide bonds. The number of nitrogens with zero attached hydrogens (tertiary/aromatic N) is 3. The number of thioether (sulfide) groups is 1. The highest BCUT2D eigenvalue weighted by Crippen LogP contribution is 2.31. The molecule has 0 fully saturated rings. The molecule has 0 saturated carbocycles. The van der Waals surface area contributed by atoms with E-state index in [4.69, 9.17) is 14.5 Å². The predicted octanol–water partition coefficient (Wildman–Crippen LogP) is 4.55. The molecule has 0 unspecified atom stereocenters. The van der Waals surface area contributed by atoms with Crippen LogP contribution >= 0.6 is 23.1 Å². The van der Waals surface area contributed by atoms with Crippen LogP contribution in [0.3, 0.4) is 0 Å². The molecule has 3 heterocycles. The number of rotatable bonds is 9. The minimum absolute atomic E-state index is 0.0840. The molecule has 4 rings (SSSR count). The molecule has 172 valence electrons. The van der Waals surface area contributed by atoms with Crippen LogP contribution < -0.4 is 20.3 Å². The average molecular weight is 485 g/mol. The summed E-state index contributed by atoms with van der Waals surface area (Å²) in [6, 6.07) is 8.93. The van der Waals surface area contributed by atoms with Crippen LogP contribution in [0.1, 0.15) is 19.8 Å². The van der Waals surface area contributed by atoms with Crippen molar-refractivity contribution in [3.05, 3.63) is 46.9 Å². The summed E-state index contributed by atoms with van der Waals surface area (Å²) < 4.78 is 12.8. The lowest BCUT2D eigenvalue weighted by Gasteiger charge is -2.12. The summed E-state index contributed by atoms with van der Waals surface area (Å²) in [6.07, 6.45) is 3.51. The summed E-state index contributed by atoms with van der Waals surface area (Å²) in [4.78, 5) is 35.8. The number of unbranched alkanes of at least 4 members (excludes halogenated alkanes) is 1. The van der Waals surface area contributed by atoms with Crippen LogP contribution in [0.2, 0.25) is 0 Å². The van der Waals surface area contributed by atoms with Crippen LogP contribution in [0.4, 0.5) is 5.69 Å². The number of nitrogens with one attached hydrogen (secondary N) is 1. The maximum atomic E-state index is 13.3. The fourth-order valence-electron chi connectivity index (χ4n) is 3.41. The SMILES string of the molecule is CCCCn1c(SCC(=O)Nc2ccc(OC)c(OC)c2)nc2c(sc3ncccc32)c1=O. The number of carbonyl (C=O) groups excluding carboxylic acids is 1. The van der Waals surface area contributed by atoms with E-state index >= 15 is 0 Å². The van der Waals surface area contributed by atoms with Crippen molar-refractivity contribution in [3.8, 4) is 11.5 Å². The van der Waals surface area contributed by atoms with Gasteiger partial charge < -0.3 is 14.8 Å². The molecule has 10 heteroatoms. The lowest BCUT2D eigenvalue weighted by Crippen LogP contribution is -2.23. The van der Waals surface area contributed by atoms with E-state index in [1.807, 2.05) is 12.1 Å². The lowest BCUT2D eigenvalue weighted by molar-refractivity contribution is -0.113. The van der Waals surface area contributed by atoms with E-state index in [-0.39, 0.29) is 17.2 Å². The Kier molecular flexibility index (Phi) is 7.14. The number of hydrogen-bond donors (Lipinski definition) is 1. The Hall–Kier alpha value is -3.11. The maximum Gasteiger partial charge on any atom is 0.272 e. The normalized spacial score (nSPS) is 11.1. The molecule has 0 radical (unpaired) electrons. The predicted molar refractivity (Wildman–Crippen MR) is 133 cm³/mol. The third-order valence-electron chi connectivity index (χ3n) is 5.05. The van der Waals surface area contributed by atoms with Crippen LogP contribution in [0, 0.1) is 0 Å². The Balaban J connectivity index is 1.60. The highest BCUT2D eigenvalue weighted by Gasteiger charge is 2.18. The molecule has 8 nitrogen and oxygen atoms in total. The summed E-state index contributed by atoms with van der Waals surface area (Å²) >= 11 is 2.61. The number of carbonyl (C=O) groups is 1. The number of thiophene rings is 1. The van der Waals surface area contributed by atoms with Crippen molar-refractivity contribution in [2.75, 3.05) is 25.3 Å². The van der Waals surface area contributed by atoms with Crippen LogP contribution in [-0.4, -0.2) is 40.4 Å². The number of amides is 1. The van der Waals surface area contributed by atoms with Gasteiger partial charge in [0.1, 0.15) is 9.53 Å². The number of anilines is 1. The number of fused-ring (bicyclic) bond motifs is 3. The monoisotopic (exact) mass is 484 g/mol. The van der Waals surface area contributed by atoms with Gasteiger partial charge >= 0.3 is 0 Å². The van der Waals surface area contributed by atoms with Gasteiger partial charge in [0.05, 0.1) is 25.5 Å². The first-order valence-corrected chi connectivity index (χ1v) is 12.3. The van der Waals surface area contributed by atoms with Gasteiger partial charge in [-0.05, 0) is 30.7 Å². The molecule has 33 heavy (non-hydrogen) atoms. The molecular weight excluding hydrogens is 460 g/mol. The van der Waals surface area contributed by atoms with Gasteiger partial charge in [-0.2, -0.15) is 0 Å². The molecule has 3 aromatic heterocycles. The summed E-state index contributed by atoms with van der Waals surface area (Å²) in [5, 5.41) is 4.25. The highest BCUT2D eigenvalue weighted by atomic mass is 32.2. The molecule has 0 spiro atoms. The second-order valence-corrected chi connectivity index (χ2v) is 9.19. The Bertz CT molecular complexity index is 1370. The molecule has 1 aromatic carbocycles. The van der Waals surface area contributed by atoms with Crippen molar-refractivity contribution in [2.45, 2.75) is 31.5 Å². The first-order valence-electron chi connectivity index (χ1n) is 10.5. The van der Waals surface area contributed by atoms with E-state index in [2.05, 4.69) is 17.2 Å². The van der Waals surface area contributed by atoms with Gasteiger partial charge in [-0.15, -0.1) is 11.3 Å². The smallest absolute Gasteiger partial charge is 0.272 e. The summed E-state index contributed by atoms with van der Waals surface area (Å²) in [7, 11) is 3.10. The fraction of sp³-hybridized carbons (Fsp3) is 0.304. The molecule has 0 bridgehead atoms. The van der Waals surface area contributed by atoms with E-state index in [9.17, 15) is 9.59 Å². The third-order valence-corrected chi connectivity index (χ3v) is 7.12. The maximum absolute atomic E-state index is 13.3. The van der Waals surface area contributed by atoms with Crippen LogP contribution in [0.15, 0.2) is 46.5 Å². The molecule has 0 atom stereocenters. The number of ether oxygens (including phenoxy) is 2. The van der Waals surface area contributed by atoms with Crippen molar-refractivity contribution in [1.29, 1.82) is 0 Å². The highest BCUT2D eigenvalue weighted by molar-refractivity contribution is 7.99. The van der Waals surface area contributed by atoms with Gasteiger partial charge in [-0.1, -0.05) is 25.1 Å². The lowest BCUT2D eigenvalue weighted by atomic mass is 10.2. The van der Waals surface area contributed by atoms with Crippen molar-refractivity contribution in [3.63, 3.8) is 0 Å². The quantitative estimate of drug-likeness (QED) is 0.275. The zero-order valence-corrected chi connectivity index (χ0v) is 20.2. The van der Waals surface area contributed by atoms with Crippen molar-refractivity contribution < 1.29 is 14.3 Å². The number of methoxy groups -OCH3 is 2. The Morgan fingerprint density at radius 2 is 2.03 bits per heavy atom. The van der Waals surface area contributed by atoms with Crippen molar-refractivity contribution >= 4 is 55.1 Å². The zero-order valence-electron chi connectivity index (χ0n) is 18.6. The van der Waals surface area contributed by atoms with E-state index < -0.39 is 0 Å². The average Bonchev–Trinajstić information content (AvgIpc) is 3.21. The Labute approximate surface area is 199 Å². The minimum atomic E-state index is -0.208. The number of hydrogen-bond acceptors (Lipinski definition) is 8. The first kappa shape index (κ1) is 23.1. The Morgan fingerprint density at radius 1 is 1.21 bits per heavy atom. The summed E-state index contributed by atoms with van der Waals surface area (Å²) in [5.74, 6) is 1.01. The van der Waals surface area contributed by atoms with Gasteiger partial charge in [0.15, 0.2) is 16.7 Å². The Morgan fingerprint density at radius 3 is 2.79 bits per heavy atom. The molecule has 0 aliphatic rings. The van der Waals surface area contributed by atoms with Gasteiger partial charge in [0, 0.05) is 29.9 Å². The van der Waals surface area contributed by atoms with Crippen LogP contribution in [0.25, 0.3) is 20.4 Å². The molecule has 0 aliphatic carbocycles. The van der Waals surface area contributed by atoms with E-state index in [0.29, 0.717) is 39.1 Å². The van der Waals surface area contributed by atoms with Gasteiger partial charge in [0.25, 0.3) is 5.56 Å². The number of aromatic nitrogens is 3. The van der Waals surface area contributed by atoms with Crippen LogP contribution in [-0.2, 0) is 11.3 Å². The fourth-order valence-corrected chi connectivity index (χ4v) is 5.26. The summed E-state index contributed by atoms with van der Waals surface area (Å²) in [6.45, 7) is 2.63. The van der Waals surface area contributed by atoms with Crippen molar-refractivity contribution in [2.24, 2.45) is 0 Å². The van der Waals surface area contributed by atoms with Gasteiger partial charge in [-0.3, -0.25) is 14.2 Å². The zero-order chi connectivity index (χ0) is 23.4. The standard InChI is InChI=1S/C23H24N4O4S2/c1-4-5-11-27-22(29)20-19(15-7-6-10-24-21(15)33-20)26-23(27)32-13-18(28)25-14-8-9-16(30-2)17(12-14)31-3/h6-10,12H,4-5,11,13H2,1-3H3,(H,25,28). The number of benzene rings is 1. The van der Waals surface area contributed by atoms with Gasteiger partial charge in [0.2, 0.25) is 5.91 Å². The largest absolute Gasteiger partial charge is 0.493 e. The van der Waals surface area contributed by atoms with E-state index in [1.54, 1.807) is 43.2 Å².